The standard InChI is InChI=1S/C11H16N2O/c1-14-11-5-3-2-4-9(11)10-8-12-6-7-13-10/h2-5,10,12-13H,6-8H2,1H3/t10-/m1/s1. The lowest BCUT2D eigenvalue weighted by Crippen LogP contribution is -2.42. The fourth-order valence-electron chi connectivity index (χ4n) is 1.83. The van der Waals surface area contributed by atoms with E-state index in [0.717, 1.165) is 25.4 Å². The average molecular weight is 192 g/mol. The van der Waals surface area contributed by atoms with Crippen molar-refractivity contribution in [1.29, 1.82) is 0 Å². The Hall–Kier alpha value is -1.06. The Morgan fingerprint density at radius 2 is 2.14 bits per heavy atom. The van der Waals surface area contributed by atoms with Crippen molar-refractivity contribution in [3.63, 3.8) is 0 Å². The van der Waals surface area contributed by atoms with Crippen molar-refractivity contribution in [2.24, 2.45) is 0 Å². The largest absolute Gasteiger partial charge is 0.496 e. The highest BCUT2D eigenvalue weighted by Gasteiger charge is 2.17. The van der Waals surface area contributed by atoms with Gasteiger partial charge in [-0.2, -0.15) is 0 Å². The molecule has 1 aliphatic heterocycles. The van der Waals surface area contributed by atoms with Gasteiger partial charge < -0.3 is 15.4 Å². The summed E-state index contributed by atoms with van der Waals surface area (Å²) in [5.41, 5.74) is 1.24. The average Bonchev–Trinajstić information content (AvgIpc) is 2.30. The van der Waals surface area contributed by atoms with E-state index < -0.39 is 0 Å². The van der Waals surface area contributed by atoms with Crippen LogP contribution in [0.2, 0.25) is 0 Å². The van der Waals surface area contributed by atoms with Crippen molar-refractivity contribution in [1.82, 2.24) is 10.6 Å². The Balaban J connectivity index is 2.20. The predicted molar refractivity (Wildman–Crippen MR) is 56.6 cm³/mol. The minimum absolute atomic E-state index is 0.375. The van der Waals surface area contributed by atoms with Gasteiger partial charge in [-0.3, -0.25) is 0 Å². The number of benzene rings is 1. The maximum Gasteiger partial charge on any atom is 0.123 e. The van der Waals surface area contributed by atoms with E-state index in [1.807, 2.05) is 18.2 Å². The summed E-state index contributed by atoms with van der Waals surface area (Å²) in [6.07, 6.45) is 0. The molecule has 1 aliphatic rings. The molecule has 1 heterocycles. The van der Waals surface area contributed by atoms with Gasteiger partial charge in [0.1, 0.15) is 5.75 Å². The van der Waals surface area contributed by atoms with Gasteiger partial charge >= 0.3 is 0 Å². The van der Waals surface area contributed by atoms with Crippen LogP contribution in [-0.4, -0.2) is 26.7 Å². The quantitative estimate of drug-likeness (QED) is 0.731. The zero-order valence-corrected chi connectivity index (χ0v) is 8.42. The molecule has 1 fully saturated rings. The molecular weight excluding hydrogens is 176 g/mol. The molecule has 0 radical (unpaired) electrons. The third-order valence-corrected chi connectivity index (χ3v) is 2.56. The van der Waals surface area contributed by atoms with Crippen LogP contribution in [0.1, 0.15) is 11.6 Å². The van der Waals surface area contributed by atoms with Gasteiger partial charge in [0.05, 0.1) is 7.11 Å². The van der Waals surface area contributed by atoms with Gasteiger partial charge in [-0.25, -0.2) is 0 Å². The second kappa shape index (κ2) is 4.44. The van der Waals surface area contributed by atoms with Crippen LogP contribution in [0.5, 0.6) is 5.75 Å². The smallest absolute Gasteiger partial charge is 0.123 e. The minimum Gasteiger partial charge on any atom is -0.496 e. The van der Waals surface area contributed by atoms with Gasteiger partial charge in [-0.1, -0.05) is 18.2 Å². The fraction of sp³-hybridized carbons (Fsp3) is 0.455. The molecule has 0 spiro atoms. The number of rotatable bonds is 2. The number of hydrogen-bond acceptors (Lipinski definition) is 3. The lowest BCUT2D eigenvalue weighted by atomic mass is 10.0. The van der Waals surface area contributed by atoms with Crippen LogP contribution in [0.4, 0.5) is 0 Å². The molecule has 1 saturated heterocycles. The van der Waals surface area contributed by atoms with Crippen LogP contribution in [0.3, 0.4) is 0 Å². The Bertz CT molecular complexity index is 295. The third kappa shape index (κ3) is 1.89. The summed E-state index contributed by atoms with van der Waals surface area (Å²) in [5, 5.41) is 6.83. The molecule has 0 amide bonds. The molecule has 1 atom stereocenters. The molecule has 0 saturated carbocycles. The van der Waals surface area contributed by atoms with Crippen molar-refractivity contribution in [3.05, 3.63) is 29.8 Å². The number of ether oxygens (including phenoxy) is 1. The van der Waals surface area contributed by atoms with Crippen molar-refractivity contribution < 1.29 is 4.74 Å². The van der Waals surface area contributed by atoms with Gasteiger partial charge in [0, 0.05) is 31.2 Å². The second-order valence-electron chi connectivity index (χ2n) is 3.45. The molecule has 1 aromatic carbocycles. The molecule has 0 aliphatic carbocycles. The van der Waals surface area contributed by atoms with E-state index in [1.165, 1.54) is 5.56 Å². The first kappa shape index (κ1) is 9.49. The summed E-state index contributed by atoms with van der Waals surface area (Å²) in [5.74, 6) is 0.966. The number of methoxy groups -OCH3 is 1. The molecule has 0 unspecified atom stereocenters. The number of hydrogen-bond donors (Lipinski definition) is 2. The molecule has 3 heteroatoms. The lowest BCUT2D eigenvalue weighted by molar-refractivity contribution is 0.382. The molecule has 2 rings (SSSR count). The predicted octanol–water partition coefficient (Wildman–Crippen LogP) is 0.929. The number of para-hydroxylation sites is 1. The summed E-state index contributed by atoms with van der Waals surface area (Å²) < 4.78 is 5.33. The summed E-state index contributed by atoms with van der Waals surface area (Å²) in [6, 6.07) is 8.54. The zero-order valence-electron chi connectivity index (χ0n) is 8.42. The lowest BCUT2D eigenvalue weighted by Gasteiger charge is -2.26. The van der Waals surface area contributed by atoms with Crippen molar-refractivity contribution >= 4 is 0 Å². The van der Waals surface area contributed by atoms with E-state index in [9.17, 15) is 0 Å². The van der Waals surface area contributed by atoms with Crippen LogP contribution >= 0.6 is 0 Å². The van der Waals surface area contributed by atoms with Gasteiger partial charge in [-0.05, 0) is 6.07 Å². The maximum absolute atomic E-state index is 5.33. The van der Waals surface area contributed by atoms with Crippen LogP contribution in [0, 0.1) is 0 Å². The van der Waals surface area contributed by atoms with Crippen molar-refractivity contribution in [2.45, 2.75) is 6.04 Å². The molecule has 0 bridgehead atoms. The summed E-state index contributed by atoms with van der Waals surface area (Å²) in [6.45, 7) is 3.04. The van der Waals surface area contributed by atoms with Gasteiger partial charge in [-0.15, -0.1) is 0 Å². The summed E-state index contributed by atoms with van der Waals surface area (Å²) >= 11 is 0. The summed E-state index contributed by atoms with van der Waals surface area (Å²) in [7, 11) is 1.72. The first-order valence-corrected chi connectivity index (χ1v) is 4.99. The van der Waals surface area contributed by atoms with Crippen LogP contribution in [0.15, 0.2) is 24.3 Å². The van der Waals surface area contributed by atoms with E-state index in [2.05, 4.69) is 16.7 Å². The fourth-order valence-corrected chi connectivity index (χ4v) is 1.83. The SMILES string of the molecule is COc1ccccc1[C@H]1CNCCN1. The van der Waals surface area contributed by atoms with E-state index in [1.54, 1.807) is 7.11 Å². The van der Waals surface area contributed by atoms with E-state index in [4.69, 9.17) is 4.74 Å². The molecule has 0 aromatic heterocycles. The Morgan fingerprint density at radius 3 is 2.86 bits per heavy atom. The van der Waals surface area contributed by atoms with E-state index in [0.29, 0.717) is 6.04 Å². The van der Waals surface area contributed by atoms with E-state index >= 15 is 0 Å². The topological polar surface area (TPSA) is 33.3 Å². The summed E-state index contributed by atoms with van der Waals surface area (Å²) in [4.78, 5) is 0. The number of piperazine rings is 1. The van der Waals surface area contributed by atoms with Gasteiger partial charge in [0.2, 0.25) is 0 Å². The zero-order chi connectivity index (χ0) is 9.80. The molecule has 2 N–H and O–H groups in total. The highest BCUT2D eigenvalue weighted by molar-refractivity contribution is 5.36. The highest BCUT2D eigenvalue weighted by atomic mass is 16.5. The Morgan fingerprint density at radius 1 is 1.29 bits per heavy atom. The van der Waals surface area contributed by atoms with Crippen LogP contribution < -0.4 is 15.4 Å². The molecule has 76 valence electrons. The van der Waals surface area contributed by atoms with Gasteiger partial charge in [0.15, 0.2) is 0 Å². The first-order chi connectivity index (χ1) is 6.92. The molecule has 14 heavy (non-hydrogen) atoms. The monoisotopic (exact) mass is 192 g/mol. The highest BCUT2D eigenvalue weighted by Crippen LogP contribution is 2.24. The Labute approximate surface area is 84.5 Å². The Kier molecular flexibility index (Phi) is 3.01. The van der Waals surface area contributed by atoms with Crippen LogP contribution in [-0.2, 0) is 0 Å². The van der Waals surface area contributed by atoms with Crippen LogP contribution in [0.25, 0.3) is 0 Å². The minimum atomic E-state index is 0.375. The van der Waals surface area contributed by atoms with Crippen molar-refractivity contribution in [2.75, 3.05) is 26.7 Å². The number of nitrogens with one attached hydrogen (secondary N) is 2. The second-order valence-corrected chi connectivity index (χ2v) is 3.45. The maximum atomic E-state index is 5.33. The molecule has 3 nitrogen and oxygen atoms in total. The molecular formula is C11H16N2O. The normalized spacial score (nSPS) is 21.9. The third-order valence-electron chi connectivity index (χ3n) is 2.56. The molecule has 1 aromatic rings. The van der Waals surface area contributed by atoms with Gasteiger partial charge in [0.25, 0.3) is 0 Å². The first-order valence-electron chi connectivity index (χ1n) is 4.99. The van der Waals surface area contributed by atoms with E-state index in [-0.39, 0.29) is 0 Å². The van der Waals surface area contributed by atoms with Crippen molar-refractivity contribution in [3.8, 4) is 5.75 Å².